The first-order chi connectivity index (χ1) is 11.0. The predicted molar refractivity (Wildman–Crippen MR) is 82.3 cm³/mol. The first-order valence-electron chi connectivity index (χ1n) is 6.39. The summed E-state index contributed by atoms with van der Waals surface area (Å²) in [6.45, 7) is 0. The smallest absolute Gasteiger partial charge is 0.263 e. The normalized spacial score (nSPS) is 12.4. The van der Waals surface area contributed by atoms with Crippen LogP contribution in [0, 0.1) is 11.6 Å². The maximum Gasteiger partial charge on any atom is 0.263 e. The maximum absolute atomic E-state index is 13.9. The van der Waals surface area contributed by atoms with Crippen molar-refractivity contribution < 1.29 is 25.6 Å². The monoisotopic (exact) mass is 377 g/mol. The molecule has 1 N–H and O–H groups in total. The van der Waals surface area contributed by atoms with E-state index in [1.54, 1.807) is 0 Å². The first-order valence-corrected chi connectivity index (χ1v) is 9.32. The molecule has 1 heterocycles. The highest BCUT2D eigenvalue weighted by Crippen LogP contribution is 2.24. The van der Waals surface area contributed by atoms with E-state index in [0.717, 1.165) is 34.9 Å². The molecule has 0 aliphatic rings. The number of anilines is 1. The summed E-state index contributed by atoms with van der Waals surface area (Å²) in [5.41, 5.74) is -0.581. The van der Waals surface area contributed by atoms with Crippen LogP contribution in [-0.4, -0.2) is 40.2 Å². The number of benzene rings is 1. The molecular formula is C13H13F2N3O4S2. The molecule has 11 heteroatoms. The van der Waals surface area contributed by atoms with Crippen LogP contribution in [0.1, 0.15) is 0 Å². The molecule has 0 radical (unpaired) electrons. The van der Waals surface area contributed by atoms with Crippen LogP contribution in [0.15, 0.2) is 46.5 Å². The van der Waals surface area contributed by atoms with Crippen LogP contribution in [-0.2, 0) is 20.0 Å². The lowest BCUT2D eigenvalue weighted by Crippen LogP contribution is -2.22. The van der Waals surface area contributed by atoms with Gasteiger partial charge in [0.2, 0.25) is 10.0 Å². The van der Waals surface area contributed by atoms with Gasteiger partial charge in [-0.15, -0.1) is 0 Å². The molecule has 0 unspecified atom stereocenters. The van der Waals surface area contributed by atoms with Gasteiger partial charge in [-0.1, -0.05) is 0 Å². The molecule has 0 atom stereocenters. The number of rotatable bonds is 5. The van der Waals surface area contributed by atoms with E-state index in [1.807, 2.05) is 4.72 Å². The third-order valence-corrected chi connectivity index (χ3v) is 6.09. The van der Waals surface area contributed by atoms with E-state index in [2.05, 4.69) is 4.98 Å². The Morgan fingerprint density at radius 1 is 1.00 bits per heavy atom. The van der Waals surface area contributed by atoms with Crippen molar-refractivity contribution in [1.29, 1.82) is 0 Å². The lowest BCUT2D eigenvalue weighted by Gasteiger charge is -2.14. The number of nitrogens with one attached hydrogen (secondary N) is 1. The van der Waals surface area contributed by atoms with Crippen molar-refractivity contribution in [1.82, 2.24) is 9.29 Å². The molecule has 0 spiro atoms. The van der Waals surface area contributed by atoms with Crippen molar-refractivity contribution in [3.63, 3.8) is 0 Å². The van der Waals surface area contributed by atoms with Gasteiger partial charge < -0.3 is 0 Å². The Kier molecular flexibility index (Phi) is 4.87. The molecule has 0 aliphatic carbocycles. The summed E-state index contributed by atoms with van der Waals surface area (Å²) in [5, 5.41) is 0. The Morgan fingerprint density at radius 2 is 1.67 bits per heavy atom. The van der Waals surface area contributed by atoms with E-state index in [1.165, 1.54) is 14.1 Å². The van der Waals surface area contributed by atoms with Crippen LogP contribution in [0.25, 0.3) is 0 Å². The summed E-state index contributed by atoms with van der Waals surface area (Å²) in [7, 11) is -5.67. The number of pyridine rings is 1. The van der Waals surface area contributed by atoms with Gasteiger partial charge in [0.1, 0.15) is 16.5 Å². The SMILES string of the molecule is CN(C)S(=O)(=O)c1ccc(F)c(NS(=O)(=O)c2cncc(F)c2)c1. The summed E-state index contributed by atoms with van der Waals surface area (Å²) in [6.07, 6.45) is 1.69. The molecule has 1 aromatic carbocycles. The molecule has 0 amide bonds. The van der Waals surface area contributed by atoms with E-state index in [9.17, 15) is 25.6 Å². The highest BCUT2D eigenvalue weighted by Gasteiger charge is 2.22. The summed E-state index contributed by atoms with van der Waals surface area (Å²) in [6, 6.07) is 3.37. The molecule has 0 aliphatic heterocycles. The summed E-state index contributed by atoms with van der Waals surface area (Å²) < 4.78 is 78.2. The zero-order valence-corrected chi connectivity index (χ0v) is 14.2. The fourth-order valence-electron chi connectivity index (χ4n) is 1.70. The highest BCUT2D eigenvalue weighted by molar-refractivity contribution is 7.92. The fraction of sp³-hybridized carbons (Fsp3) is 0.154. The minimum atomic E-state index is -4.34. The predicted octanol–water partition coefficient (Wildman–Crippen LogP) is 1.41. The van der Waals surface area contributed by atoms with Crippen molar-refractivity contribution in [3.8, 4) is 0 Å². The topological polar surface area (TPSA) is 96.4 Å². The Morgan fingerprint density at radius 3 is 2.25 bits per heavy atom. The third-order valence-electron chi connectivity index (χ3n) is 2.95. The van der Waals surface area contributed by atoms with E-state index >= 15 is 0 Å². The Labute approximate surface area is 138 Å². The van der Waals surface area contributed by atoms with Gasteiger partial charge in [-0.25, -0.2) is 29.9 Å². The van der Waals surface area contributed by atoms with Crippen molar-refractivity contribution in [2.24, 2.45) is 0 Å². The van der Waals surface area contributed by atoms with Crippen molar-refractivity contribution in [2.45, 2.75) is 9.79 Å². The average Bonchev–Trinajstić information content (AvgIpc) is 2.49. The summed E-state index contributed by atoms with van der Waals surface area (Å²) >= 11 is 0. The Bertz CT molecular complexity index is 976. The molecule has 7 nitrogen and oxygen atoms in total. The molecule has 1 aromatic heterocycles. The molecule has 2 aromatic rings. The lowest BCUT2D eigenvalue weighted by atomic mass is 10.3. The van der Waals surface area contributed by atoms with Gasteiger partial charge in [-0.3, -0.25) is 9.71 Å². The maximum atomic E-state index is 13.9. The minimum absolute atomic E-state index is 0.302. The van der Waals surface area contributed by atoms with Crippen LogP contribution >= 0.6 is 0 Å². The third kappa shape index (κ3) is 3.68. The van der Waals surface area contributed by atoms with Gasteiger partial charge in [0.15, 0.2) is 0 Å². The van der Waals surface area contributed by atoms with E-state index in [0.29, 0.717) is 6.07 Å². The molecule has 0 saturated carbocycles. The highest BCUT2D eigenvalue weighted by atomic mass is 32.2. The van der Waals surface area contributed by atoms with Gasteiger partial charge in [0, 0.05) is 20.3 Å². The van der Waals surface area contributed by atoms with Crippen molar-refractivity contribution in [3.05, 3.63) is 48.3 Å². The first kappa shape index (κ1) is 18.2. The van der Waals surface area contributed by atoms with Crippen LogP contribution in [0.5, 0.6) is 0 Å². The molecule has 130 valence electrons. The molecule has 0 bridgehead atoms. The second-order valence-corrected chi connectivity index (χ2v) is 8.71. The number of nitrogens with zero attached hydrogens (tertiary/aromatic N) is 2. The van der Waals surface area contributed by atoms with Gasteiger partial charge >= 0.3 is 0 Å². The average molecular weight is 377 g/mol. The quantitative estimate of drug-likeness (QED) is 0.850. The van der Waals surface area contributed by atoms with Crippen LogP contribution < -0.4 is 4.72 Å². The standard InChI is InChI=1S/C13H13F2N3O4S2/c1-18(2)24(21,22)10-3-4-12(15)13(6-10)17-23(19,20)11-5-9(14)7-16-8-11/h3-8,17H,1-2H3. The number of halogens is 2. The second kappa shape index (κ2) is 6.42. The fourth-order valence-corrected chi connectivity index (χ4v) is 3.66. The molecule has 0 fully saturated rings. The zero-order valence-electron chi connectivity index (χ0n) is 12.6. The summed E-state index contributed by atoms with van der Waals surface area (Å²) in [4.78, 5) is 2.58. The lowest BCUT2D eigenvalue weighted by molar-refractivity contribution is 0.520. The Hall–Kier alpha value is -2.11. The minimum Gasteiger partial charge on any atom is -0.277 e. The van der Waals surface area contributed by atoms with Gasteiger partial charge in [-0.2, -0.15) is 0 Å². The van der Waals surface area contributed by atoms with E-state index in [-0.39, 0.29) is 4.90 Å². The van der Waals surface area contributed by atoms with Gasteiger partial charge in [0.05, 0.1) is 16.8 Å². The van der Waals surface area contributed by atoms with E-state index < -0.39 is 42.3 Å². The number of hydrogen-bond acceptors (Lipinski definition) is 5. The molecular weight excluding hydrogens is 364 g/mol. The number of sulfonamides is 2. The molecule has 0 saturated heterocycles. The number of hydrogen-bond donors (Lipinski definition) is 1. The largest absolute Gasteiger partial charge is 0.277 e. The number of aromatic nitrogens is 1. The van der Waals surface area contributed by atoms with Crippen molar-refractivity contribution in [2.75, 3.05) is 18.8 Å². The van der Waals surface area contributed by atoms with Gasteiger partial charge in [0.25, 0.3) is 10.0 Å². The second-order valence-electron chi connectivity index (χ2n) is 4.87. The van der Waals surface area contributed by atoms with Crippen LogP contribution in [0.4, 0.5) is 14.5 Å². The molecule has 24 heavy (non-hydrogen) atoms. The molecule has 2 rings (SSSR count). The Balaban J connectivity index is 2.47. The van der Waals surface area contributed by atoms with Gasteiger partial charge in [-0.05, 0) is 24.3 Å². The summed E-state index contributed by atoms with van der Waals surface area (Å²) in [5.74, 6) is -1.87. The van der Waals surface area contributed by atoms with Crippen LogP contribution in [0.3, 0.4) is 0 Å². The van der Waals surface area contributed by atoms with Crippen LogP contribution in [0.2, 0.25) is 0 Å². The van der Waals surface area contributed by atoms with E-state index in [4.69, 9.17) is 0 Å². The van der Waals surface area contributed by atoms with Crippen molar-refractivity contribution >= 4 is 25.7 Å². The zero-order chi connectivity index (χ0) is 18.1.